The Morgan fingerprint density at radius 2 is 1.86 bits per heavy atom. The molecule has 2 rings (SSSR count). The summed E-state index contributed by atoms with van der Waals surface area (Å²) in [4.78, 5) is 2.43. The van der Waals surface area contributed by atoms with Gasteiger partial charge in [-0.15, -0.1) is 0 Å². The Balaban J connectivity index is 2.03. The monoisotopic (exact) mass is 292 g/mol. The Bertz CT molecular complexity index is 429. The number of halogens is 1. The SMILES string of the molecule is CC(C)C(NC(C)C1CCCN(C)C1)c1ccc(F)cc1. The summed E-state index contributed by atoms with van der Waals surface area (Å²) in [5.41, 5.74) is 1.18. The number of hydrogen-bond donors (Lipinski definition) is 1. The second-order valence-corrected chi connectivity index (χ2v) is 6.89. The van der Waals surface area contributed by atoms with Crippen LogP contribution in [0.3, 0.4) is 0 Å². The number of nitrogens with zero attached hydrogens (tertiary/aromatic N) is 1. The van der Waals surface area contributed by atoms with Crippen molar-refractivity contribution in [3.63, 3.8) is 0 Å². The Labute approximate surface area is 128 Å². The van der Waals surface area contributed by atoms with Crippen molar-refractivity contribution in [2.24, 2.45) is 11.8 Å². The van der Waals surface area contributed by atoms with E-state index in [1.165, 1.54) is 31.5 Å². The molecule has 1 N–H and O–H groups in total. The summed E-state index contributed by atoms with van der Waals surface area (Å²) >= 11 is 0. The van der Waals surface area contributed by atoms with E-state index in [-0.39, 0.29) is 11.9 Å². The van der Waals surface area contributed by atoms with Gasteiger partial charge in [0.25, 0.3) is 0 Å². The predicted molar refractivity (Wildman–Crippen MR) is 86.8 cm³/mol. The maximum absolute atomic E-state index is 13.1. The smallest absolute Gasteiger partial charge is 0.123 e. The summed E-state index contributed by atoms with van der Waals surface area (Å²) in [6, 6.07) is 7.70. The molecule has 3 unspecified atom stereocenters. The van der Waals surface area contributed by atoms with Crippen LogP contribution in [0.1, 0.15) is 45.2 Å². The molecule has 118 valence electrons. The Morgan fingerprint density at radius 1 is 1.19 bits per heavy atom. The first kappa shape index (κ1) is 16.4. The largest absolute Gasteiger partial charge is 0.307 e. The molecule has 1 fully saturated rings. The van der Waals surface area contributed by atoms with Crippen molar-refractivity contribution in [1.82, 2.24) is 10.2 Å². The summed E-state index contributed by atoms with van der Waals surface area (Å²) < 4.78 is 13.1. The van der Waals surface area contributed by atoms with Crippen molar-refractivity contribution in [3.05, 3.63) is 35.6 Å². The lowest BCUT2D eigenvalue weighted by Crippen LogP contribution is -2.45. The van der Waals surface area contributed by atoms with E-state index in [2.05, 4.69) is 38.0 Å². The fourth-order valence-corrected chi connectivity index (χ4v) is 3.38. The number of hydrogen-bond acceptors (Lipinski definition) is 2. The maximum Gasteiger partial charge on any atom is 0.123 e. The molecule has 1 aromatic carbocycles. The van der Waals surface area contributed by atoms with Gasteiger partial charge in [-0.3, -0.25) is 0 Å². The van der Waals surface area contributed by atoms with Gasteiger partial charge in [0.2, 0.25) is 0 Å². The number of likely N-dealkylation sites (tertiary alicyclic amines) is 1. The normalized spacial score (nSPS) is 23.2. The van der Waals surface area contributed by atoms with Crippen LogP contribution in [0.25, 0.3) is 0 Å². The number of benzene rings is 1. The molecule has 0 spiro atoms. The van der Waals surface area contributed by atoms with Gasteiger partial charge in [0.05, 0.1) is 0 Å². The van der Waals surface area contributed by atoms with E-state index in [4.69, 9.17) is 0 Å². The van der Waals surface area contributed by atoms with Crippen LogP contribution >= 0.6 is 0 Å². The van der Waals surface area contributed by atoms with Crippen LogP contribution in [-0.4, -0.2) is 31.1 Å². The highest BCUT2D eigenvalue weighted by Gasteiger charge is 2.26. The van der Waals surface area contributed by atoms with Crippen LogP contribution in [0.4, 0.5) is 4.39 Å². The molecule has 3 heteroatoms. The van der Waals surface area contributed by atoms with E-state index < -0.39 is 0 Å². The molecule has 3 atom stereocenters. The van der Waals surface area contributed by atoms with E-state index in [9.17, 15) is 4.39 Å². The van der Waals surface area contributed by atoms with Crippen molar-refractivity contribution >= 4 is 0 Å². The van der Waals surface area contributed by atoms with Crippen LogP contribution in [-0.2, 0) is 0 Å². The van der Waals surface area contributed by atoms with E-state index in [0.717, 1.165) is 0 Å². The summed E-state index contributed by atoms with van der Waals surface area (Å²) in [5.74, 6) is 1.02. The Morgan fingerprint density at radius 3 is 2.43 bits per heavy atom. The molecule has 1 aliphatic heterocycles. The molecule has 0 radical (unpaired) electrons. The first-order chi connectivity index (χ1) is 9.97. The highest BCUT2D eigenvalue weighted by Crippen LogP contribution is 2.26. The lowest BCUT2D eigenvalue weighted by atomic mass is 9.89. The van der Waals surface area contributed by atoms with Gasteiger partial charge in [-0.25, -0.2) is 4.39 Å². The quantitative estimate of drug-likeness (QED) is 0.887. The van der Waals surface area contributed by atoms with Crippen LogP contribution in [0.15, 0.2) is 24.3 Å². The molecular weight excluding hydrogens is 263 g/mol. The van der Waals surface area contributed by atoms with E-state index in [0.29, 0.717) is 17.9 Å². The van der Waals surface area contributed by atoms with Crippen molar-refractivity contribution in [1.29, 1.82) is 0 Å². The standard InChI is InChI=1S/C18H29FN2/c1-13(2)18(15-7-9-17(19)10-8-15)20-14(3)16-6-5-11-21(4)12-16/h7-10,13-14,16,18,20H,5-6,11-12H2,1-4H3. The van der Waals surface area contributed by atoms with Gasteiger partial charge in [0.15, 0.2) is 0 Å². The third kappa shape index (κ3) is 4.52. The number of piperidine rings is 1. The van der Waals surface area contributed by atoms with Crippen molar-refractivity contribution in [2.75, 3.05) is 20.1 Å². The third-order valence-electron chi connectivity index (χ3n) is 4.71. The highest BCUT2D eigenvalue weighted by atomic mass is 19.1. The van der Waals surface area contributed by atoms with Gasteiger partial charge in [-0.05, 0) is 62.9 Å². The van der Waals surface area contributed by atoms with E-state index >= 15 is 0 Å². The predicted octanol–water partition coefficient (Wildman–Crippen LogP) is 3.84. The molecular formula is C18H29FN2. The topological polar surface area (TPSA) is 15.3 Å². The Kier molecular flexibility index (Phi) is 5.77. The zero-order valence-electron chi connectivity index (χ0n) is 13.8. The average molecular weight is 292 g/mol. The van der Waals surface area contributed by atoms with Gasteiger partial charge in [0.1, 0.15) is 5.82 Å². The van der Waals surface area contributed by atoms with Gasteiger partial charge in [0, 0.05) is 18.6 Å². The summed E-state index contributed by atoms with van der Waals surface area (Å²) in [6.45, 7) is 9.13. The minimum absolute atomic E-state index is 0.164. The van der Waals surface area contributed by atoms with Crippen LogP contribution in [0.5, 0.6) is 0 Å². The molecule has 21 heavy (non-hydrogen) atoms. The second kappa shape index (κ2) is 7.37. The highest BCUT2D eigenvalue weighted by molar-refractivity contribution is 5.20. The maximum atomic E-state index is 13.1. The van der Waals surface area contributed by atoms with Crippen molar-refractivity contribution < 1.29 is 4.39 Å². The van der Waals surface area contributed by atoms with Gasteiger partial charge in [-0.1, -0.05) is 26.0 Å². The first-order valence-electron chi connectivity index (χ1n) is 8.17. The minimum atomic E-state index is -0.164. The second-order valence-electron chi connectivity index (χ2n) is 6.89. The van der Waals surface area contributed by atoms with E-state index in [1.54, 1.807) is 12.1 Å². The fourth-order valence-electron chi connectivity index (χ4n) is 3.38. The molecule has 1 aromatic rings. The van der Waals surface area contributed by atoms with Crippen LogP contribution < -0.4 is 5.32 Å². The third-order valence-corrected chi connectivity index (χ3v) is 4.71. The first-order valence-corrected chi connectivity index (χ1v) is 8.17. The molecule has 2 nitrogen and oxygen atoms in total. The molecule has 0 aromatic heterocycles. The molecule has 0 amide bonds. The van der Waals surface area contributed by atoms with Gasteiger partial charge in [-0.2, -0.15) is 0 Å². The van der Waals surface area contributed by atoms with Gasteiger partial charge >= 0.3 is 0 Å². The zero-order valence-corrected chi connectivity index (χ0v) is 13.8. The molecule has 1 saturated heterocycles. The fraction of sp³-hybridized carbons (Fsp3) is 0.667. The number of nitrogens with one attached hydrogen (secondary N) is 1. The molecule has 0 bridgehead atoms. The van der Waals surface area contributed by atoms with Crippen LogP contribution in [0, 0.1) is 17.7 Å². The average Bonchev–Trinajstić information content (AvgIpc) is 2.45. The molecule has 0 saturated carbocycles. The van der Waals surface area contributed by atoms with Gasteiger partial charge < -0.3 is 10.2 Å². The minimum Gasteiger partial charge on any atom is -0.307 e. The lowest BCUT2D eigenvalue weighted by Gasteiger charge is -2.36. The molecule has 0 aliphatic carbocycles. The summed E-state index contributed by atoms with van der Waals surface area (Å²) in [5, 5.41) is 3.79. The lowest BCUT2D eigenvalue weighted by molar-refractivity contribution is 0.168. The Hall–Kier alpha value is -0.930. The van der Waals surface area contributed by atoms with Crippen LogP contribution in [0.2, 0.25) is 0 Å². The molecule has 1 heterocycles. The van der Waals surface area contributed by atoms with Crippen molar-refractivity contribution in [3.8, 4) is 0 Å². The van der Waals surface area contributed by atoms with E-state index in [1.807, 2.05) is 12.1 Å². The van der Waals surface area contributed by atoms with Crippen molar-refractivity contribution in [2.45, 2.75) is 45.7 Å². The zero-order chi connectivity index (χ0) is 15.4. The summed E-state index contributed by atoms with van der Waals surface area (Å²) in [6.07, 6.45) is 2.59. The number of rotatable bonds is 5. The molecule has 1 aliphatic rings. The summed E-state index contributed by atoms with van der Waals surface area (Å²) in [7, 11) is 2.21.